The van der Waals surface area contributed by atoms with E-state index in [1.165, 1.54) is 11.3 Å². The Balaban J connectivity index is 1.48. The van der Waals surface area contributed by atoms with E-state index in [2.05, 4.69) is 27.3 Å². The van der Waals surface area contributed by atoms with Crippen LogP contribution in [0, 0.1) is 6.92 Å². The number of hydrogen-bond acceptors (Lipinski definition) is 5. The summed E-state index contributed by atoms with van der Waals surface area (Å²) in [4.78, 5) is 26.6. The van der Waals surface area contributed by atoms with Crippen LogP contribution in [-0.4, -0.2) is 38.0 Å². The molecule has 6 nitrogen and oxygen atoms in total. The monoisotopic (exact) mass is 448 g/mol. The normalized spacial score (nSPS) is 14.3. The van der Waals surface area contributed by atoms with E-state index in [0.717, 1.165) is 40.3 Å². The van der Waals surface area contributed by atoms with Gasteiger partial charge in [-0.05, 0) is 60.9 Å². The molecule has 2 heterocycles. The fourth-order valence-corrected chi connectivity index (χ4v) is 4.59. The first-order valence-corrected chi connectivity index (χ1v) is 11.6. The van der Waals surface area contributed by atoms with Gasteiger partial charge in [0.2, 0.25) is 0 Å². The van der Waals surface area contributed by atoms with E-state index in [0.29, 0.717) is 16.5 Å². The molecular formula is C25H28N4O2S. The first-order chi connectivity index (χ1) is 15.4. The number of benzene rings is 2. The molecule has 4 N–H and O–H groups in total. The summed E-state index contributed by atoms with van der Waals surface area (Å²) in [5, 5.41) is 12.5. The van der Waals surface area contributed by atoms with Gasteiger partial charge in [-0.15, -0.1) is 11.3 Å². The second kappa shape index (κ2) is 9.54. The number of carbonyl (C=O) groups excluding carboxylic acids is 2. The SMILES string of the molecule is CNC(=O)c1ccc(-c2cccc(C(C)NC(=O)c3cc(NC4CNC4)ccc3C)c2)s1. The Bertz CT molecular complexity index is 1140. The Kier molecular flexibility index (Phi) is 6.58. The molecule has 0 aliphatic carbocycles. The maximum atomic E-state index is 13.0. The zero-order chi connectivity index (χ0) is 22.7. The van der Waals surface area contributed by atoms with Gasteiger partial charge >= 0.3 is 0 Å². The molecule has 1 fully saturated rings. The third-order valence-electron chi connectivity index (χ3n) is 5.71. The summed E-state index contributed by atoms with van der Waals surface area (Å²) in [6, 6.07) is 18.1. The minimum Gasteiger partial charge on any atom is -0.380 e. The van der Waals surface area contributed by atoms with E-state index >= 15 is 0 Å². The van der Waals surface area contributed by atoms with E-state index in [-0.39, 0.29) is 17.9 Å². The van der Waals surface area contributed by atoms with Crippen molar-refractivity contribution in [2.24, 2.45) is 0 Å². The highest BCUT2D eigenvalue weighted by atomic mass is 32.1. The van der Waals surface area contributed by atoms with E-state index in [1.54, 1.807) is 7.05 Å². The van der Waals surface area contributed by atoms with Crippen LogP contribution in [0.5, 0.6) is 0 Å². The third-order valence-corrected chi connectivity index (χ3v) is 6.84. The number of anilines is 1. The molecule has 4 rings (SSSR count). The molecule has 0 radical (unpaired) electrons. The predicted molar refractivity (Wildman–Crippen MR) is 130 cm³/mol. The molecular weight excluding hydrogens is 420 g/mol. The van der Waals surface area contributed by atoms with Crippen LogP contribution in [0.1, 0.15) is 44.1 Å². The Morgan fingerprint density at radius 1 is 1.06 bits per heavy atom. The van der Waals surface area contributed by atoms with Crippen molar-refractivity contribution in [3.8, 4) is 10.4 Å². The molecule has 2 amide bonds. The lowest BCUT2D eigenvalue weighted by molar-refractivity contribution is 0.0937. The van der Waals surface area contributed by atoms with Crippen LogP contribution >= 0.6 is 11.3 Å². The van der Waals surface area contributed by atoms with Gasteiger partial charge in [0, 0.05) is 36.3 Å². The van der Waals surface area contributed by atoms with Crippen molar-refractivity contribution in [1.82, 2.24) is 16.0 Å². The lowest BCUT2D eigenvalue weighted by Crippen LogP contribution is -2.51. The Morgan fingerprint density at radius 3 is 2.59 bits per heavy atom. The summed E-state index contributed by atoms with van der Waals surface area (Å²) in [5.74, 6) is -0.174. The molecule has 1 atom stereocenters. The summed E-state index contributed by atoms with van der Waals surface area (Å²) >= 11 is 1.45. The molecule has 2 aromatic carbocycles. The van der Waals surface area contributed by atoms with Crippen molar-refractivity contribution in [3.05, 3.63) is 76.2 Å². The molecule has 3 aromatic rings. The standard InChI is InChI=1S/C25H28N4O2S/c1-15-7-8-19(29-20-13-27-14-20)12-21(15)24(30)28-16(2)17-5-4-6-18(11-17)22-9-10-23(32-22)25(31)26-3/h4-12,16,20,27,29H,13-14H2,1-3H3,(H,26,31)(H,28,30). The maximum Gasteiger partial charge on any atom is 0.261 e. The van der Waals surface area contributed by atoms with Crippen molar-refractivity contribution >= 4 is 28.8 Å². The molecule has 0 bridgehead atoms. The van der Waals surface area contributed by atoms with Gasteiger partial charge < -0.3 is 21.3 Å². The maximum absolute atomic E-state index is 13.0. The summed E-state index contributed by atoms with van der Waals surface area (Å²) < 4.78 is 0. The van der Waals surface area contributed by atoms with Crippen LogP contribution < -0.4 is 21.3 Å². The minimum absolute atomic E-state index is 0.0845. The van der Waals surface area contributed by atoms with E-state index in [4.69, 9.17) is 0 Å². The first kappa shape index (κ1) is 22.0. The largest absolute Gasteiger partial charge is 0.380 e. The lowest BCUT2D eigenvalue weighted by atomic mass is 10.0. The van der Waals surface area contributed by atoms with Gasteiger partial charge in [-0.25, -0.2) is 0 Å². The molecule has 166 valence electrons. The smallest absolute Gasteiger partial charge is 0.261 e. The highest BCUT2D eigenvalue weighted by Crippen LogP contribution is 2.30. The van der Waals surface area contributed by atoms with Crippen LogP contribution in [0.2, 0.25) is 0 Å². The van der Waals surface area contributed by atoms with Gasteiger partial charge in [-0.1, -0.05) is 24.3 Å². The second-order valence-electron chi connectivity index (χ2n) is 8.09. The fraction of sp³-hybridized carbons (Fsp3) is 0.280. The van der Waals surface area contributed by atoms with Crippen LogP contribution in [-0.2, 0) is 0 Å². The Labute approximate surface area is 192 Å². The van der Waals surface area contributed by atoms with Gasteiger partial charge in [0.25, 0.3) is 11.8 Å². The van der Waals surface area contributed by atoms with Gasteiger partial charge in [0.1, 0.15) is 0 Å². The quantitative estimate of drug-likeness (QED) is 0.441. The molecule has 1 aliphatic heterocycles. The highest BCUT2D eigenvalue weighted by molar-refractivity contribution is 7.17. The van der Waals surface area contributed by atoms with E-state index < -0.39 is 0 Å². The number of carbonyl (C=O) groups is 2. The van der Waals surface area contributed by atoms with Crippen LogP contribution in [0.25, 0.3) is 10.4 Å². The van der Waals surface area contributed by atoms with Crippen LogP contribution in [0.4, 0.5) is 5.69 Å². The molecule has 1 aliphatic rings. The van der Waals surface area contributed by atoms with Gasteiger partial charge in [-0.2, -0.15) is 0 Å². The zero-order valence-electron chi connectivity index (χ0n) is 18.5. The summed E-state index contributed by atoms with van der Waals surface area (Å²) in [5.41, 5.74) is 4.63. The molecule has 1 aromatic heterocycles. The molecule has 0 spiro atoms. The van der Waals surface area contributed by atoms with E-state index in [9.17, 15) is 9.59 Å². The average Bonchev–Trinajstić information content (AvgIpc) is 3.27. The van der Waals surface area contributed by atoms with Crippen LogP contribution in [0.3, 0.4) is 0 Å². The molecule has 1 unspecified atom stereocenters. The highest BCUT2D eigenvalue weighted by Gasteiger charge is 2.18. The number of amides is 2. The minimum atomic E-state index is -0.160. The number of aryl methyl sites for hydroxylation is 1. The summed E-state index contributed by atoms with van der Waals surface area (Å²) in [6.07, 6.45) is 0. The van der Waals surface area contributed by atoms with Crippen molar-refractivity contribution < 1.29 is 9.59 Å². The van der Waals surface area contributed by atoms with Crippen molar-refractivity contribution in [3.63, 3.8) is 0 Å². The van der Waals surface area contributed by atoms with Crippen molar-refractivity contribution in [2.45, 2.75) is 25.9 Å². The summed E-state index contributed by atoms with van der Waals surface area (Å²) in [7, 11) is 1.63. The van der Waals surface area contributed by atoms with Crippen LogP contribution in [0.15, 0.2) is 54.6 Å². The molecule has 1 saturated heterocycles. The number of rotatable bonds is 7. The van der Waals surface area contributed by atoms with E-state index in [1.807, 2.05) is 62.4 Å². The predicted octanol–water partition coefficient (Wildman–Crippen LogP) is 3.96. The first-order valence-electron chi connectivity index (χ1n) is 10.8. The lowest BCUT2D eigenvalue weighted by Gasteiger charge is -2.29. The van der Waals surface area contributed by atoms with Gasteiger partial charge in [0.15, 0.2) is 0 Å². The number of hydrogen-bond donors (Lipinski definition) is 4. The Morgan fingerprint density at radius 2 is 1.88 bits per heavy atom. The third kappa shape index (κ3) is 4.84. The zero-order valence-corrected chi connectivity index (χ0v) is 19.3. The fourth-order valence-electron chi connectivity index (χ4n) is 3.64. The molecule has 0 saturated carbocycles. The van der Waals surface area contributed by atoms with Crippen molar-refractivity contribution in [1.29, 1.82) is 0 Å². The number of nitrogens with one attached hydrogen (secondary N) is 4. The van der Waals surface area contributed by atoms with Gasteiger partial charge in [0.05, 0.1) is 17.0 Å². The average molecular weight is 449 g/mol. The topological polar surface area (TPSA) is 82.3 Å². The van der Waals surface area contributed by atoms with Crippen molar-refractivity contribution in [2.75, 3.05) is 25.5 Å². The molecule has 32 heavy (non-hydrogen) atoms. The number of thiophene rings is 1. The second-order valence-corrected chi connectivity index (χ2v) is 9.18. The van der Waals surface area contributed by atoms with Gasteiger partial charge in [-0.3, -0.25) is 9.59 Å². The molecule has 7 heteroatoms. The summed E-state index contributed by atoms with van der Waals surface area (Å²) in [6.45, 7) is 5.82. The Hall–Kier alpha value is -3.16.